The largest absolute Gasteiger partial charge is 0.493 e. The lowest BCUT2D eigenvalue weighted by molar-refractivity contribution is -0.139. The van der Waals surface area contributed by atoms with Crippen molar-refractivity contribution in [1.82, 2.24) is 5.32 Å². The van der Waals surface area contributed by atoms with Gasteiger partial charge in [-0.2, -0.15) is 0 Å². The first-order valence-corrected chi connectivity index (χ1v) is 7.88. The molecule has 0 saturated carbocycles. The molecule has 0 aliphatic heterocycles. The summed E-state index contributed by atoms with van der Waals surface area (Å²) in [5.74, 6) is -0.862. The van der Waals surface area contributed by atoms with E-state index in [-0.39, 0.29) is 23.5 Å². The number of nitrogens with one attached hydrogen (secondary N) is 1. The quantitative estimate of drug-likeness (QED) is 0.750. The minimum Gasteiger partial charge on any atom is -0.493 e. The zero-order chi connectivity index (χ0) is 19.1. The molecule has 7 heteroatoms. The van der Waals surface area contributed by atoms with Crippen LogP contribution in [0.25, 0.3) is 0 Å². The Bertz CT molecular complexity index is 775. The highest BCUT2D eigenvalue weighted by Gasteiger charge is 2.25. The topological polar surface area (TPSA) is 94.1 Å². The van der Waals surface area contributed by atoms with Gasteiger partial charge in [0.2, 0.25) is 5.75 Å². The molecule has 0 aliphatic rings. The fourth-order valence-electron chi connectivity index (χ4n) is 2.57. The highest BCUT2D eigenvalue weighted by atomic mass is 16.5. The van der Waals surface area contributed by atoms with Crippen LogP contribution >= 0.6 is 0 Å². The number of carbonyl (C=O) groups is 2. The Balaban J connectivity index is 2.28. The number of carboxylic acid groups (broad SMARTS) is 1. The van der Waals surface area contributed by atoms with Gasteiger partial charge in [-0.3, -0.25) is 4.79 Å². The first-order valence-electron chi connectivity index (χ1n) is 7.88. The standard InChI is InChI=1S/C19H21NO6/c1-24-15-10-9-13(16(25-2)17(15)26-3)18(21)20-14(19(22)23)11-12-7-5-4-6-8-12/h4-10,14H,11H2,1-3H3,(H,20,21)(H,22,23). The van der Waals surface area contributed by atoms with Crippen molar-refractivity contribution in [2.24, 2.45) is 0 Å². The summed E-state index contributed by atoms with van der Waals surface area (Å²) in [5, 5.41) is 12.0. The van der Waals surface area contributed by atoms with Crippen LogP contribution in [0.1, 0.15) is 15.9 Å². The van der Waals surface area contributed by atoms with Gasteiger partial charge in [0.1, 0.15) is 6.04 Å². The molecule has 26 heavy (non-hydrogen) atoms. The predicted molar refractivity (Wildman–Crippen MR) is 95.1 cm³/mol. The third kappa shape index (κ3) is 4.24. The molecule has 0 spiro atoms. The number of benzene rings is 2. The van der Waals surface area contributed by atoms with Crippen LogP contribution in [0.3, 0.4) is 0 Å². The Hall–Kier alpha value is -3.22. The van der Waals surface area contributed by atoms with Crippen LogP contribution in [0.4, 0.5) is 0 Å². The van der Waals surface area contributed by atoms with Gasteiger partial charge in [-0.15, -0.1) is 0 Å². The van der Waals surface area contributed by atoms with Crippen LogP contribution in [0.15, 0.2) is 42.5 Å². The second-order valence-corrected chi connectivity index (χ2v) is 5.44. The van der Waals surface area contributed by atoms with Crippen LogP contribution in [-0.4, -0.2) is 44.4 Å². The molecule has 1 atom stereocenters. The smallest absolute Gasteiger partial charge is 0.326 e. The van der Waals surface area contributed by atoms with Crippen LogP contribution in [0, 0.1) is 0 Å². The summed E-state index contributed by atoms with van der Waals surface area (Å²) in [6.07, 6.45) is 0.164. The van der Waals surface area contributed by atoms with Crippen molar-refractivity contribution in [1.29, 1.82) is 0 Å². The van der Waals surface area contributed by atoms with Gasteiger partial charge in [-0.05, 0) is 17.7 Å². The fraction of sp³-hybridized carbons (Fsp3) is 0.263. The lowest BCUT2D eigenvalue weighted by atomic mass is 10.1. The normalized spacial score (nSPS) is 11.3. The predicted octanol–water partition coefficient (Wildman–Crippen LogP) is 2.14. The van der Waals surface area contributed by atoms with Crippen molar-refractivity contribution >= 4 is 11.9 Å². The molecular formula is C19H21NO6. The second-order valence-electron chi connectivity index (χ2n) is 5.44. The fourth-order valence-corrected chi connectivity index (χ4v) is 2.57. The molecule has 0 bridgehead atoms. The summed E-state index contributed by atoms with van der Waals surface area (Å²) in [4.78, 5) is 24.2. The Morgan fingerprint density at radius 1 is 0.962 bits per heavy atom. The lowest BCUT2D eigenvalue weighted by Gasteiger charge is -2.18. The molecule has 0 radical (unpaired) electrons. The third-order valence-corrected chi connectivity index (χ3v) is 3.83. The van der Waals surface area contributed by atoms with Crippen molar-refractivity contribution in [3.05, 3.63) is 53.6 Å². The maximum atomic E-state index is 12.6. The number of amides is 1. The van der Waals surface area contributed by atoms with E-state index in [0.29, 0.717) is 5.75 Å². The Labute approximate surface area is 151 Å². The molecule has 2 aromatic carbocycles. The monoisotopic (exact) mass is 359 g/mol. The van der Waals surface area contributed by atoms with E-state index in [1.165, 1.54) is 27.4 Å². The number of hydrogen-bond acceptors (Lipinski definition) is 5. The number of ether oxygens (including phenoxy) is 3. The van der Waals surface area contributed by atoms with Crippen molar-refractivity contribution in [3.8, 4) is 17.2 Å². The minimum absolute atomic E-state index is 0.157. The molecule has 0 saturated heterocycles. The van der Waals surface area contributed by atoms with Crippen molar-refractivity contribution in [3.63, 3.8) is 0 Å². The summed E-state index contributed by atoms with van der Waals surface area (Å²) >= 11 is 0. The van der Waals surface area contributed by atoms with E-state index >= 15 is 0 Å². The SMILES string of the molecule is COc1ccc(C(=O)NC(Cc2ccccc2)C(=O)O)c(OC)c1OC. The van der Waals surface area contributed by atoms with Crippen molar-refractivity contribution < 1.29 is 28.9 Å². The molecule has 0 aromatic heterocycles. The number of hydrogen-bond donors (Lipinski definition) is 2. The van der Waals surface area contributed by atoms with Gasteiger partial charge in [0, 0.05) is 6.42 Å². The molecule has 138 valence electrons. The van der Waals surface area contributed by atoms with Gasteiger partial charge in [0.05, 0.1) is 26.9 Å². The van der Waals surface area contributed by atoms with E-state index in [1.807, 2.05) is 18.2 Å². The van der Waals surface area contributed by atoms with Gasteiger partial charge < -0.3 is 24.6 Å². The molecule has 1 amide bonds. The maximum absolute atomic E-state index is 12.6. The van der Waals surface area contributed by atoms with Crippen molar-refractivity contribution in [2.75, 3.05) is 21.3 Å². The minimum atomic E-state index is -1.12. The van der Waals surface area contributed by atoms with Gasteiger partial charge >= 0.3 is 5.97 Å². The summed E-state index contributed by atoms with van der Waals surface area (Å²) in [6.45, 7) is 0. The molecule has 2 aromatic rings. The van der Waals surface area contributed by atoms with Crippen molar-refractivity contribution in [2.45, 2.75) is 12.5 Å². The average molecular weight is 359 g/mol. The highest BCUT2D eigenvalue weighted by Crippen LogP contribution is 2.39. The van der Waals surface area contributed by atoms with E-state index in [2.05, 4.69) is 5.32 Å². The number of aliphatic carboxylic acids is 1. The number of carbonyl (C=O) groups excluding carboxylic acids is 1. The Kier molecular flexibility index (Phi) is 6.43. The molecule has 1 unspecified atom stereocenters. The first kappa shape index (κ1) is 19.1. The average Bonchev–Trinajstić information content (AvgIpc) is 2.66. The summed E-state index contributed by atoms with van der Waals surface area (Å²) in [5.41, 5.74) is 0.962. The maximum Gasteiger partial charge on any atom is 0.326 e. The molecule has 0 aliphatic carbocycles. The number of carboxylic acids is 1. The van der Waals surface area contributed by atoms with E-state index in [9.17, 15) is 14.7 Å². The third-order valence-electron chi connectivity index (χ3n) is 3.83. The van der Waals surface area contributed by atoms with Gasteiger partial charge in [0.15, 0.2) is 11.5 Å². The molecule has 2 N–H and O–H groups in total. The van der Waals surface area contributed by atoms with E-state index in [4.69, 9.17) is 14.2 Å². The zero-order valence-corrected chi connectivity index (χ0v) is 14.8. The van der Waals surface area contributed by atoms with Gasteiger partial charge in [-0.25, -0.2) is 4.79 Å². The number of rotatable bonds is 8. The Morgan fingerprint density at radius 3 is 2.15 bits per heavy atom. The van der Waals surface area contributed by atoms with E-state index in [1.54, 1.807) is 18.2 Å². The van der Waals surface area contributed by atoms with Crippen LogP contribution in [0.5, 0.6) is 17.2 Å². The molecule has 0 fully saturated rings. The molecular weight excluding hydrogens is 338 g/mol. The summed E-state index contributed by atoms with van der Waals surface area (Å²) in [7, 11) is 4.29. The molecule has 7 nitrogen and oxygen atoms in total. The van der Waals surface area contributed by atoms with E-state index in [0.717, 1.165) is 5.56 Å². The zero-order valence-electron chi connectivity index (χ0n) is 14.8. The first-order chi connectivity index (χ1) is 12.5. The van der Waals surface area contributed by atoms with Crippen LogP contribution in [0.2, 0.25) is 0 Å². The highest BCUT2D eigenvalue weighted by molar-refractivity contribution is 6.00. The summed E-state index contributed by atoms with van der Waals surface area (Å²) in [6, 6.07) is 11.0. The van der Waals surface area contributed by atoms with E-state index < -0.39 is 17.9 Å². The van der Waals surface area contributed by atoms with Gasteiger partial charge in [0.25, 0.3) is 5.91 Å². The molecule has 0 heterocycles. The summed E-state index contributed by atoms with van der Waals surface area (Å²) < 4.78 is 15.7. The van der Waals surface area contributed by atoms with Crippen LogP contribution in [-0.2, 0) is 11.2 Å². The van der Waals surface area contributed by atoms with Gasteiger partial charge in [-0.1, -0.05) is 30.3 Å². The lowest BCUT2D eigenvalue weighted by Crippen LogP contribution is -2.42. The Morgan fingerprint density at radius 2 is 1.62 bits per heavy atom. The second kappa shape index (κ2) is 8.75. The number of methoxy groups -OCH3 is 3. The molecule has 2 rings (SSSR count). The van der Waals surface area contributed by atoms with Crippen LogP contribution < -0.4 is 19.5 Å².